The van der Waals surface area contributed by atoms with E-state index in [1.54, 1.807) is 42.5 Å². The fourth-order valence-electron chi connectivity index (χ4n) is 4.81. The highest BCUT2D eigenvalue weighted by atomic mass is 35.5. The van der Waals surface area contributed by atoms with Gasteiger partial charge in [0.2, 0.25) is 15.3 Å². The molecule has 1 amide bonds. The van der Waals surface area contributed by atoms with Crippen molar-refractivity contribution in [3.63, 3.8) is 0 Å². The van der Waals surface area contributed by atoms with Gasteiger partial charge in [0.25, 0.3) is 5.91 Å². The third kappa shape index (κ3) is 11.4. The van der Waals surface area contributed by atoms with Crippen LogP contribution in [0.1, 0.15) is 108 Å². The molecule has 2 rings (SSSR count). The van der Waals surface area contributed by atoms with Crippen LogP contribution >= 0.6 is 11.8 Å². The monoisotopic (exact) mass is 606 g/mol. The zero-order chi connectivity index (χ0) is 30.1. The molecule has 0 aliphatic heterocycles. The molecule has 2 unspecified atom stereocenters. The van der Waals surface area contributed by atoms with Gasteiger partial charge in [0.15, 0.2) is 5.78 Å². The summed E-state index contributed by atoms with van der Waals surface area (Å²) < 4.78 is 33.8. The Morgan fingerprint density at radius 2 is 1.34 bits per heavy atom. The number of nitrogens with one attached hydrogen (secondary N) is 1. The smallest absolute Gasteiger partial charge is 0.252 e. The molecule has 2 atom stereocenters. The first-order valence-electron chi connectivity index (χ1n) is 15.0. The highest BCUT2D eigenvalue weighted by molar-refractivity contribution is 7.92. The lowest BCUT2D eigenvalue weighted by molar-refractivity contribution is -0.115. The van der Waals surface area contributed by atoms with E-state index in [-0.39, 0.29) is 5.56 Å². The molecule has 7 nitrogen and oxygen atoms in total. The Hall–Kier alpha value is -2.42. The van der Waals surface area contributed by atoms with Crippen molar-refractivity contribution in [1.29, 1.82) is 0 Å². The van der Waals surface area contributed by atoms with E-state index in [0.717, 1.165) is 35.9 Å². The first-order chi connectivity index (χ1) is 19.8. The van der Waals surface area contributed by atoms with Crippen LogP contribution in [0, 0.1) is 0 Å². The Bertz CT molecular complexity index is 1140. The summed E-state index contributed by atoms with van der Waals surface area (Å²) in [5.41, 5.74) is 0.468. The molecule has 0 saturated heterocycles. The minimum absolute atomic E-state index is 0.0803. The molecular weight excluding hydrogens is 560 g/mol. The van der Waals surface area contributed by atoms with Gasteiger partial charge in [0.05, 0.1) is 7.11 Å². The number of carbonyl (C=O) groups excluding carboxylic acids is 2. The van der Waals surface area contributed by atoms with E-state index in [0.29, 0.717) is 24.3 Å². The average Bonchev–Trinajstić information content (AvgIpc) is 2.98. The van der Waals surface area contributed by atoms with Crippen molar-refractivity contribution < 1.29 is 22.7 Å². The van der Waals surface area contributed by atoms with E-state index in [1.165, 1.54) is 57.8 Å². The van der Waals surface area contributed by atoms with Gasteiger partial charge in [0, 0.05) is 17.3 Å². The summed E-state index contributed by atoms with van der Waals surface area (Å²) in [6, 6.07) is 14.0. The zero-order valence-electron chi connectivity index (χ0n) is 24.8. The normalized spacial score (nSPS) is 13.1. The van der Waals surface area contributed by atoms with Crippen LogP contribution in [0.2, 0.25) is 0 Å². The second kappa shape index (κ2) is 18.9. The van der Waals surface area contributed by atoms with E-state index in [9.17, 15) is 18.0 Å². The van der Waals surface area contributed by atoms with Gasteiger partial charge >= 0.3 is 0 Å². The van der Waals surface area contributed by atoms with Crippen LogP contribution in [0.25, 0.3) is 0 Å². The van der Waals surface area contributed by atoms with Crippen molar-refractivity contribution in [1.82, 2.24) is 3.82 Å². The molecule has 41 heavy (non-hydrogen) atoms. The number of hydrogen-bond acceptors (Lipinski definition) is 5. The number of ketones is 1. The minimum Gasteiger partial charge on any atom is -0.497 e. The number of benzene rings is 2. The molecule has 228 valence electrons. The maximum Gasteiger partial charge on any atom is 0.252 e. The number of methoxy groups -OCH3 is 1. The molecule has 0 spiro atoms. The van der Waals surface area contributed by atoms with Crippen molar-refractivity contribution in [3.8, 4) is 5.75 Å². The van der Waals surface area contributed by atoms with Crippen LogP contribution in [-0.4, -0.2) is 42.3 Å². The van der Waals surface area contributed by atoms with Gasteiger partial charge in [-0.05, 0) is 61.0 Å². The summed E-state index contributed by atoms with van der Waals surface area (Å²) in [5.74, 6) is -1.28. The number of para-hydroxylation sites is 1. The average molecular weight is 607 g/mol. The Kier molecular flexibility index (Phi) is 16.0. The van der Waals surface area contributed by atoms with Crippen LogP contribution < -0.4 is 10.1 Å². The quantitative estimate of drug-likeness (QED) is 0.0670. The zero-order valence-corrected chi connectivity index (χ0v) is 26.4. The second-order valence-electron chi connectivity index (χ2n) is 10.5. The Labute approximate surface area is 252 Å². The Morgan fingerprint density at radius 1 is 0.805 bits per heavy atom. The van der Waals surface area contributed by atoms with E-state index >= 15 is 0 Å². The summed E-state index contributed by atoms with van der Waals surface area (Å²) in [7, 11) is -3.07. The lowest BCUT2D eigenvalue weighted by Gasteiger charge is -2.28. The lowest BCUT2D eigenvalue weighted by Crippen LogP contribution is -2.49. The van der Waals surface area contributed by atoms with Gasteiger partial charge in [0.1, 0.15) is 5.75 Å². The molecule has 2 aromatic carbocycles. The fraction of sp³-hybridized carbons (Fsp3) is 0.562. The van der Waals surface area contributed by atoms with Crippen LogP contribution in [0.3, 0.4) is 0 Å². The first-order valence-corrected chi connectivity index (χ1v) is 16.8. The van der Waals surface area contributed by atoms with Crippen molar-refractivity contribution in [2.24, 2.45) is 0 Å². The summed E-state index contributed by atoms with van der Waals surface area (Å²) >= 11 is 6.60. The number of ether oxygens (including phenoxy) is 1. The molecular formula is C32H47ClN2O5S. The SMILES string of the molecule is CCCCCCCCCCCC(CCCC)N(Cl)S(=O)(=O)C(C(=O)Nc1ccccc1)C(=O)c1ccc(OC)cc1. The standard InChI is InChI=1S/C32H47ClN2O5S/c1-4-6-8-9-10-11-12-13-17-21-28(20-7-5-2)35(33)41(38,39)31(32(37)34-27-18-15-14-16-19-27)30(36)26-22-24-29(40-3)25-23-26/h14-16,18-19,22-25,28,31H,4-13,17,20-21H2,1-3H3,(H,34,37). The molecule has 0 radical (unpaired) electrons. The predicted molar refractivity (Wildman–Crippen MR) is 168 cm³/mol. The lowest BCUT2D eigenvalue weighted by atomic mass is 10.0. The second-order valence-corrected chi connectivity index (χ2v) is 13.0. The Balaban J connectivity index is 2.22. The third-order valence-electron chi connectivity index (χ3n) is 7.25. The number of Topliss-reactive ketones (excluding diaryl/α,β-unsaturated/α-hetero) is 1. The third-order valence-corrected chi connectivity index (χ3v) is 9.91. The fourth-order valence-corrected chi connectivity index (χ4v) is 6.81. The van der Waals surface area contributed by atoms with Crippen molar-refractivity contribution in [2.75, 3.05) is 12.4 Å². The van der Waals surface area contributed by atoms with E-state index in [1.807, 2.05) is 6.92 Å². The molecule has 9 heteroatoms. The molecule has 0 aromatic heterocycles. The number of sulfonamides is 1. The first kappa shape index (κ1) is 34.8. The molecule has 0 aliphatic carbocycles. The maximum atomic E-state index is 14.0. The summed E-state index contributed by atoms with van der Waals surface area (Å²) in [5, 5.41) is 0.553. The topological polar surface area (TPSA) is 92.8 Å². The number of nitrogens with zero attached hydrogens (tertiary/aromatic N) is 1. The van der Waals surface area contributed by atoms with Crippen LogP contribution in [0.15, 0.2) is 54.6 Å². The number of rotatable bonds is 21. The van der Waals surface area contributed by atoms with Gasteiger partial charge < -0.3 is 10.1 Å². The van der Waals surface area contributed by atoms with Gasteiger partial charge in [-0.3, -0.25) is 9.59 Å². The molecule has 0 aliphatic rings. The molecule has 0 saturated carbocycles. The molecule has 0 bridgehead atoms. The molecule has 2 aromatic rings. The van der Waals surface area contributed by atoms with Crippen LogP contribution in [-0.2, 0) is 14.8 Å². The molecule has 0 heterocycles. The number of carbonyl (C=O) groups is 2. The number of anilines is 1. The number of halogens is 1. The van der Waals surface area contributed by atoms with Gasteiger partial charge in [-0.15, -0.1) is 3.82 Å². The van der Waals surface area contributed by atoms with E-state index in [2.05, 4.69) is 12.2 Å². The van der Waals surface area contributed by atoms with E-state index < -0.39 is 33.0 Å². The highest BCUT2D eigenvalue weighted by Gasteiger charge is 2.45. The van der Waals surface area contributed by atoms with Crippen LogP contribution in [0.5, 0.6) is 5.75 Å². The van der Waals surface area contributed by atoms with E-state index in [4.69, 9.17) is 16.5 Å². The largest absolute Gasteiger partial charge is 0.497 e. The Morgan fingerprint density at radius 3 is 1.90 bits per heavy atom. The van der Waals surface area contributed by atoms with Crippen molar-refractivity contribution in [3.05, 3.63) is 60.2 Å². The number of amides is 1. The van der Waals surface area contributed by atoms with Gasteiger partial charge in [-0.2, -0.15) is 0 Å². The predicted octanol–water partition coefficient (Wildman–Crippen LogP) is 8.15. The summed E-state index contributed by atoms with van der Waals surface area (Å²) in [4.78, 5) is 27.1. The summed E-state index contributed by atoms with van der Waals surface area (Å²) in [6.45, 7) is 4.24. The summed E-state index contributed by atoms with van der Waals surface area (Å²) in [6.07, 6.45) is 13.2. The number of hydrogen-bond donors (Lipinski definition) is 1. The number of unbranched alkanes of at least 4 members (excludes halogenated alkanes) is 9. The minimum atomic E-state index is -4.57. The molecule has 0 fully saturated rings. The van der Waals surface area contributed by atoms with Gasteiger partial charge in [-0.25, -0.2) is 8.42 Å². The van der Waals surface area contributed by atoms with Crippen LogP contribution in [0.4, 0.5) is 5.69 Å². The van der Waals surface area contributed by atoms with Crippen molar-refractivity contribution >= 4 is 39.2 Å². The van der Waals surface area contributed by atoms with Gasteiger partial charge in [-0.1, -0.05) is 103 Å². The highest BCUT2D eigenvalue weighted by Crippen LogP contribution is 2.27. The van der Waals surface area contributed by atoms with Crippen molar-refractivity contribution in [2.45, 2.75) is 109 Å². The molecule has 1 N–H and O–H groups in total. The maximum absolute atomic E-state index is 14.0.